The van der Waals surface area contributed by atoms with Gasteiger partial charge in [0.2, 0.25) is 0 Å². The Morgan fingerprint density at radius 3 is 2.24 bits per heavy atom. The number of thioether (sulfide) groups is 1. The molecule has 1 N–H and O–H groups in total. The van der Waals surface area contributed by atoms with Crippen molar-refractivity contribution >= 4 is 11.8 Å². The van der Waals surface area contributed by atoms with Gasteiger partial charge in [-0.15, -0.1) is 0 Å². The van der Waals surface area contributed by atoms with E-state index in [1.807, 2.05) is 11.8 Å². The number of nitrogens with one attached hydrogen (secondary N) is 1. The third kappa shape index (κ3) is 6.30. The Hall–Kier alpha value is -0.680. The summed E-state index contributed by atoms with van der Waals surface area (Å²) >= 11 is 1.85. The maximum atomic E-state index is 12.6. The number of halogens is 3. The number of alkyl halides is 3. The minimum absolute atomic E-state index is 0.103. The first-order valence-electron chi connectivity index (χ1n) is 7.40. The van der Waals surface area contributed by atoms with Crippen molar-refractivity contribution in [2.45, 2.75) is 51.1 Å². The van der Waals surface area contributed by atoms with Crippen molar-refractivity contribution in [1.29, 1.82) is 0 Å². The molecule has 0 radical (unpaired) electrons. The first kappa shape index (κ1) is 18.4. The molecule has 1 aromatic rings. The average molecular weight is 319 g/mol. The van der Waals surface area contributed by atoms with E-state index in [1.54, 1.807) is 12.1 Å². The molecular formula is C16H24F3NS. The Bertz CT molecular complexity index is 403. The lowest BCUT2D eigenvalue weighted by atomic mass is 10.1. The summed E-state index contributed by atoms with van der Waals surface area (Å²) in [4.78, 5) is 0. The minimum Gasteiger partial charge on any atom is -0.309 e. The van der Waals surface area contributed by atoms with Gasteiger partial charge < -0.3 is 5.32 Å². The van der Waals surface area contributed by atoms with Gasteiger partial charge in [0.25, 0.3) is 0 Å². The Morgan fingerprint density at radius 2 is 1.76 bits per heavy atom. The monoisotopic (exact) mass is 319 g/mol. The van der Waals surface area contributed by atoms with Crippen molar-refractivity contribution in [2.24, 2.45) is 0 Å². The zero-order valence-electron chi connectivity index (χ0n) is 12.8. The highest BCUT2D eigenvalue weighted by atomic mass is 32.2. The van der Waals surface area contributed by atoms with Crippen LogP contribution < -0.4 is 5.32 Å². The number of hydrogen-bond donors (Lipinski definition) is 1. The van der Waals surface area contributed by atoms with Crippen LogP contribution in [0.2, 0.25) is 0 Å². The van der Waals surface area contributed by atoms with Gasteiger partial charge in [0.15, 0.2) is 0 Å². The third-order valence-electron chi connectivity index (χ3n) is 3.40. The van der Waals surface area contributed by atoms with E-state index in [0.29, 0.717) is 5.25 Å². The Morgan fingerprint density at radius 1 is 1.14 bits per heavy atom. The van der Waals surface area contributed by atoms with Crippen molar-refractivity contribution < 1.29 is 13.2 Å². The Balaban J connectivity index is 2.77. The topological polar surface area (TPSA) is 12.0 Å². The summed E-state index contributed by atoms with van der Waals surface area (Å²) in [5.41, 5.74) is 0.335. The van der Waals surface area contributed by atoms with Gasteiger partial charge in [-0.25, -0.2) is 0 Å². The smallest absolute Gasteiger partial charge is 0.309 e. The van der Waals surface area contributed by atoms with E-state index >= 15 is 0 Å². The molecule has 0 saturated heterocycles. The quantitative estimate of drug-likeness (QED) is 0.700. The molecule has 0 heterocycles. The van der Waals surface area contributed by atoms with E-state index in [1.165, 1.54) is 12.1 Å². The third-order valence-corrected chi connectivity index (χ3v) is 4.83. The van der Waals surface area contributed by atoms with Crippen LogP contribution >= 0.6 is 11.8 Å². The maximum Gasteiger partial charge on any atom is 0.416 e. The van der Waals surface area contributed by atoms with E-state index in [4.69, 9.17) is 0 Å². The van der Waals surface area contributed by atoms with Crippen LogP contribution in [-0.4, -0.2) is 17.5 Å². The lowest BCUT2D eigenvalue weighted by molar-refractivity contribution is -0.137. The summed E-state index contributed by atoms with van der Waals surface area (Å²) in [6, 6.07) is 5.63. The van der Waals surface area contributed by atoms with Gasteiger partial charge in [-0.1, -0.05) is 32.9 Å². The summed E-state index contributed by atoms with van der Waals surface area (Å²) in [7, 11) is 0. The molecule has 2 atom stereocenters. The molecule has 0 aliphatic rings. The van der Waals surface area contributed by atoms with E-state index in [9.17, 15) is 13.2 Å². The Kier molecular flexibility index (Phi) is 7.60. The molecule has 0 spiro atoms. The molecule has 1 aromatic carbocycles. The standard InChI is InChI=1S/C16H24F3NS/c1-4-10-20-15(11-21-12(3)5-2)13-6-8-14(9-7-13)16(17,18)19/h6-9,12,15,20H,4-5,10-11H2,1-3H3. The van der Waals surface area contributed by atoms with Crippen LogP contribution in [0.3, 0.4) is 0 Å². The first-order valence-corrected chi connectivity index (χ1v) is 8.45. The molecule has 1 rings (SSSR count). The molecule has 2 unspecified atom stereocenters. The normalized spacial score (nSPS) is 15.0. The molecule has 0 aromatic heterocycles. The lowest BCUT2D eigenvalue weighted by Crippen LogP contribution is -2.25. The fourth-order valence-electron chi connectivity index (χ4n) is 1.87. The first-order chi connectivity index (χ1) is 9.88. The SMILES string of the molecule is CCCNC(CSC(C)CC)c1ccc(C(F)(F)F)cc1. The zero-order chi connectivity index (χ0) is 15.9. The van der Waals surface area contributed by atoms with Crippen LogP contribution in [0, 0.1) is 0 Å². The number of benzene rings is 1. The molecule has 0 bridgehead atoms. The molecule has 21 heavy (non-hydrogen) atoms. The maximum absolute atomic E-state index is 12.6. The van der Waals surface area contributed by atoms with Gasteiger partial charge >= 0.3 is 6.18 Å². The lowest BCUT2D eigenvalue weighted by Gasteiger charge is -2.21. The van der Waals surface area contributed by atoms with Crippen LogP contribution in [0.5, 0.6) is 0 Å². The second-order valence-electron chi connectivity index (χ2n) is 5.18. The van der Waals surface area contributed by atoms with Gasteiger partial charge in [0.05, 0.1) is 5.56 Å². The van der Waals surface area contributed by atoms with Crippen molar-refractivity contribution in [3.8, 4) is 0 Å². The van der Waals surface area contributed by atoms with Crippen LogP contribution in [0.1, 0.15) is 50.8 Å². The minimum atomic E-state index is -4.27. The van der Waals surface area contributed by atoms with Gasteiger partial charge in [-0.2, -0.15) is 24.9 Å². The fraction of sp³-hybridized carbons (Fsp3) is 0.625. The highest BCUT2D eigenvalue weighted by molar-refractivity contribution is 7.99. The summed E-state index contributed by atoms with van der Waals surface area (Å²) in [6.07, 6.45) is -2.17. The van der Waals surface area contributed by atoms with E-state index in [0.717, 1.165) is 30.7 Å². The van der Waals surface area contributed by atoms with Crippen LogP contribution in [0.4, 0.5) is 13.2 Å². The molecule has 1 nitrogen and oxygen atoms in total. The van der Waals surface area contributed by atoms with Gasteiger partial charge in [0.1, 0.15) is 0 Å². The molecule has 0 amide bonds. The molecule has 120 valence electrons. The van der Waals surface area contributed by atoms with Gasteiger partial charge in [-0.3, -0.25) is 0 Å². The van der Waals surface area contributed by atoms with Crippen LogP contribution in [-0.2, 0) is 6.18 Å². The fourth-order valence-corrected chi connectivity index (χ4v) is 2.94. The second kappa shape index (κ2) is 8.69. The zero-order valence-corrected chi connectivity index (χ0v) is 13.7. The van der Waals surface area contributed by atoms with Crippen molar-refractivity contribution in [1.82, 2.24) is 5.32 Å². The van der Waals surface area contributed by atoms with Crippen molar-refractivity contribution in [3.63, 3.8) is 0 Å². The summed E-state index contributed by atoms with van der Waals surface area (Å²) in [5, 5.41) is 3.98. The predicted octanol–water partition coefficient (Wildman–Crippen LogP) is 5.28. The molecule has 0 aliphatic heterocycles. The molecule has 0 aliphatic carbocycles. The van der Waals surface area contributed by atoms with Crippen LogP contribution in [0.15, 0.2) is 24.3 Å². The molecule has 0 fully saturated rings. The van der Waals surface area contributed by atoms with E-state index in [-0.39, 0.29) is 6.04 Å². The predicted molar refractivity (Wildman–Crippen MR) is 84.7 cm³/mol. The second-order valence-corrected chi connectivity index (χ2v) is 6.65. The summed E-state index contributed by atoms with van der Waals surface area (Å²) in [5.74, 6) is 0.875. The van der Waals surface area contributed by atoms with Crippen molar-refractivity contribution in [3.05, 3.63) is 35.4 Å². The largest absolute Gasteiger partial charge is 0.416 e. The Labute approximate surface area is 129 Å². The average Bonchev–Trinajstić information content (AvgIpc) is 2.46. The molecule has 5 heteroatoms. The summed E-state index contributed by atoms with van der Waals surface area (Å²) in [6.45, 7) is 7.27. The van der Waals surface area contributed by atoms with Gasteiger partial charge in [0, 0.05) is 17.0 Å². The highest BCUT2D eigenvalue weighted by Gasteiger charge is 2.30. The number of rotatable bonds is 8. The van der Waals surface area contributed by atoms with Crippen LogP contribution in [0.25, 0.3) is 0 Å². The summed E-state index contributed by atoms with van der Waals surface area (Å²) < 4.78 is 37.8. The highest BCUT2D eigenvalue weighted by Crippen LogP contribution is 2.30. The van der Waals surface area contributed by atoms with E-state index in [2.05, 4.69) is 26.1 Å². The molecule has 0 saturated carbocycles. The van der Waals surface area contributed by atoms with Gasteiger partial charge in [-0.05, 0) is 37.1 Å². The van der Waals surface area contributed by atoms with Crippen molar-refractivity contribution in [2.75, 3.05) is 12.3 Å². The number of hydrogen-bond acceptors (Lipinski definition) is 2. The molecular weight excluding hydrogens is 295 g/mol. The van der Waals surface area contributed by atoms with E-state index < -0.39 is 11.7 Å².